The van der Waals surface area contributed by atoms with Gasteiger partial charge in [0.05, 0.1) is 31.5 Å². The molecule has 0 bridgehead atoms. The number of ether oxygens (including phenoxy) is 8. The van der Waals surface area contributed by atoms with E-state index in [1.807, 2.05) is 66.7 Å². The van der Waals surface area contributed by atoms with E-state index in [1.54, 1.807) is 0 Å². The summed E-state index contributed by atoms with van der Waals surface area (Å²) in [5, 5.41) is 22.5. The number of benzene rings is 7. The number of aliphatic hydroxyl groups is 2. The van der Waals surface area contributed by atoms with Crippen LogP contribution < -0.4 is 23.7 Å². The third-order valence-corrected chi connectivity index (χ3v) is 17.1. The Bertz CT molecular complexity index is 3080. The normalized spacial score (nSPS) is 17.9. The van der Waals surface area contributed by atoms with Gasteiger partial charge in [-0.1, -0.05) is 170 Å². The molecule has 7 atom stereocenters. The highest BCUT2D eigenvalue weighted by molar-refractivity contribution is 5.52. The SMILES string of the molecule is CCCCC(C)(CC(O)COc1ccc(C(C)(c2ccccc2)c2ccc(OCC(O)COc3ccc(C(C)(C)c4ccc(C(C)(CCC)OCC5CO5)cc4)cc3)cc2)cc1)Oc1ccc(C(C)(C)c2ccc(OCC3CO3)cc2)cc1. The summed E-state index contributed by atoms with van der Waals surface area (Å²) >= 11 is 0. The van der Waals surface area contributed by atoms with Crippen LogP contribution in [0.5, 0.6) is 28.7 Å². The molecule has 0 saturated carbocycles. The standard InChI is InChI=1S/C73H88O10/c1-10-12-43-71(7,83-66-40-26-55(27-41-66)70(5,6)54-24-34-65(35-25-54)79-48-67-49-80-67)44-60(74)45-76-63-36-28-58(29-37-63)73(9,57-16-14-13-15-17-57)59-30-38-64(39-31-59)78-47-61(75)46-77-62-32-22-53(23-33-62)69(3,4)52-18-20-56(21-19-52)72(8,42-11-2)82-51-68-50-81-68/h13-41,60-61,67-68,74-75H,10-12,42-51H2,1-9H3. The van der Waals surface area contributed by atoms with Crippen LogP contribution in [0.3, 0.4) is 0 Å². The van der Waals surface area contributed by atoms with Gasteiger partial charge in [0, 0.05) is 22.7 Å². The fourth-order valence-electron chi connectivity index (χ4n) is 11.3. The van der Waals surface area contributed by atoms with Gasteiger partial charge in [0.15, 0.2) is 0 Å². The Kier molecular flexibility index (Phi) is 19.8. The zero-order valence-electron chi connectivity index (χ0n) is 50.4. The van der Waals surface area contributed by atoms with Crippen LogP contribution in [-0.4, -0.2) is 86.5 Å². The lowest BCUT2D eigenvalue weighted by Gasteiger charge is -2.33. The molecule has 0 amide bonds. The van der Waals surface area contributed by atoms with Crippen molar-refractivity contribution in [1.82, 2.24) is 0 Å². The van der Waals surface area contributed by atoms with Gasteiger partial charge in [0.25, 0.3) is 0 Å². The Hall–Kier alpha value is -6.66. The maximum Gasteiger partial charge on any atom is 0.122 e. The van der Waals surface area contributed by atoms with Gasteiger partial charge < -0.3 is 48.1 Å². The van der Waals surface area contributed by atoms with Gasteiger partial charge in [-0.2, -0.15) is 0 Å². The van der Waals surface area contributed by atoms with E-state index >= 15 is 0 Å². The molecule has 2 saturated heterocycles. The van der Waals surface area contributed by atoms with Crippen molar-refractivity contribution in [2.45, 2.75) is 153 Å². The first-order valence-electron chi connectivity index (χ1n) is 30.0. The van der Waals surface area contributed by atoms with E-state index in [9.17, 15) is 10.2 Å². The lowest BCUT2D eigenvalue weighted by Crippen LogP contribution is -2.38. The van der Waals surface area contributed by atoms with Gasteiger partial charge >= 0.3 is 0 Å². The van der Waals surface area contributed by atoms with E-state index in [0.717, 1.165) is 79.1 Å². The molecule has 83 heavy (non-hydrogen) atoms. The first kappa shape index (κ1) is 60.9. The first-order chi connectivity index (χ1) is 39.9. The summed E-state index contributed by atoms with van der Waals surface area (Å²) in [5.41, 5.74) is 7.28. The Morgan fingerprint density at radius 3 is 1.23 bits per heavy atom. The third-order valence-electron chi connectivity index (χ3n) is 17.1. The minimum absolute atomic E-state index is 0.0753. The molecule has 2 aliphatic rings. The van der Waals surface area contributed by atoms with Gasteiger partial charge in [-0.05, 0) is 145 Å². The summed E-state index contributed by atoms with van der Waals surface area (Å²) in [6, 6.07) is 60.4. The van der Waals surface area contributed by atoms with Crippen molar-refractivity contribution in [3.05, 3.63) is 220 Å². The highest BCUT2D eigenvalue weighted by atomic mass is 16.6. The quantitative estimate of drug-likeness (QED) is 0.0311. The summed E-state index contributed by atoms with van der Waals surface area (Å²) in [6.07, 6.45) is 4.03. The van der Waals surface area contributed by atoms with Crippen LogP contribution in [0.1, 0.15) is 145 Å². The number of epoxide rings is 2. The number of rotatable bonds is 32. The van der Waals surface area contributed by atoms with E-state index < -0.39 is 23.2 Å². The summed E-state index contributed by atoms with van der Waals surface area (Å²) in [7, 11) is 0. The van der Waals surface area contributed by atoms with Crippen molar-refractivity contribution in [3.63, 3.8) is 0 Å². The van der Waals surface area contributed by atoms with E-state index in [4.69, 9.17) is 37.9 Å². The lowest BCUT2D eigenvalue weighted by atomic mass is 9.71. The predicted octanol–water partition coefficient (Wildman–Crippen LogP) is 14.9. The van der Waals surface area contributed by atoms with Crippen molar-refractivity contribution in [1.29, 1.82) is 0 Å². The molecule has 2 heterocycles. The molecule has 2 aliphatic heterocycles. The smallest absolute Gasteiger partial charge is 0.122 e. The molecule has 10 heteroatoms. The lowest BCUT2D eigenvalue weighted by molar-refractivity contribution is -0.0491. The topological polar surface area (TPSA) is 121 Å². The van der Waals surface area contributed by atoms with Crippen molar-refractivity contribution in [3.8, 4) is 28.7 Å². The molecule has 0 aromatic heterocycles. The van der Waals surface area contributed by atoms with Crippen LogP contribution in [0, 0.1) is 0 Å². The van der Waals surface area contributed by atoms with Crippen molar-refractivity contribution < 1.29 is 48.1 Å². The molecule has 0 aliphatic carbocycles. The second kappa shape index (κ2) is 26.9. The van der Waals surface area contributed by atoms with E-state index in [0.29, 0.717) is 36.9 Å². The van der Waals surface area contributed by atoms with Crippen LogP contribution >= 0.6 is 0 Å². The summed E-state index contributed by atoms with van der Waals surface area (Å²) in [4.78, 5) is 0. The highest BCUT2D eigenvalue weighted by Crippen LogP contribution is 2.42. The van der Waals surface area contributed by atoms with E-state index in [2.05, 4.69) is 172 Å². The molecule has 7 aromatic rings. The van der Waals surface area contributed by atoms with Crippen molar-refractivity contribution >= 4 is 0 Å². The Labute approximate surface area is 494 Å². The zero-order valence-corrected chi connectivity index (χ0v) is 50.4. The van der Waals surface area contributed by atoms with Crippen molar-refractivity contribution in [2.24, 2.45) is 0 Å². The predicted molar refractivity (Wildman–Crippen MR) is 330 cm³/mol. The molecule has 2 N–H and O–H groups in total. The molecule has 10 nitrogen and oxygen atoms in total. The van der Waals surface area contributed by atoms with Crippen LogP contribution in [0.15, 0.2) is 176 Å². The molecule has 7 unspecified atom stereocenters. The Balaban J connectivity index is 0.761. The molecule has 7 aromatic carbocycles. The maximum atomic E-state index is 11.5. The average molecular weight is 1130 g/mol. The minimum atomic E-state index is -0.842. The number of aliphatic hydroxyl groups excluding tert-OH is 2. The summed E-state index contributed by atoms with van der Waals surface area (Å²) in [5.74, 6) is 3.63. The van der Waals surface area contributed by atoms with Crippen LogP contribution in [0.25, 0.3) is 0 Å². The Morgan fingerprint density at radius 1 is 0.422 bits per heavy atom. The van der Waals surface area contributed by atoms with Crippen LogP contribution in [-0.2, 0) is 36.1 Å². The number of hydrogen-bond donors (Lipinski definition) is 2. The van der Waals surface area contributed by atoms with Crippen LogP contribution in [0.4, 0.5) is 0 Å². The largest absolute Gasteiger partial charge is 0.491 e. The molecule has 0 radical (unpaired) electrons. The number of unbranched alkanes of at least 4 members (excludes halogenated alkanes) is 1. The van der Waals surface area contributed by atoms with Crippen LogP contribution in [0.2, 0.25) is 0 Å². The first-order valence-corrected chi connectivity index (χ1v) is 30.0. The molecule has 440 valence electrons. The molecule has 2 fully saturated rings. The fraction of sp³-hybridized carbons (Fsp3) is 0.425. The van der Waals surface area contributed by atoms with E-state index in [-0.39, 0.29) is 48.5 Å². The maximum absolute atomic E-state index is 11.5. The fourth-order valence-corrected chi connectivity index (χ4v) is 11.3. The number of hydrogen-bond acceptors (Lipinski definition) is 10. The van der Waals surface area contributed by atoms with Crippen molar-refractivity contribution in [2.75, 3.05) is 46.2 Å². The minimum Gasteiger partial charge on any atom is -0.491 e. The van der Waals surface area contributed by atoms with Gasteiger partial charge in [0.1, 0.15) is 79.1 Å². The van der Waals surface area contributed by atoms with Gasteiger partial charge in [-0.15, -0.1) is 0 Å². The van der Waals surface area contributed by atoms with Gasteiger partial charge in [-0.3, -0.25) is 0 Å². The van der Waals surface area contributed by atoms with E-state index in [1.165, 1.54) is 22.3 Å². The summed E-state index contributed by atoms with van der Waals surface area (Å²) < 4.78 is 48.1. The molecular weight excluding hydrogens is 1040 g/mol. The third kappa shape index (κ3) is 15.8. The average Bonchev–Trinajstić information content (AvgIpc) is 4.32. The molecule has 0 spiro atoms. The summed E-state index contributed by atoms with van der Waals surface area (Å²) in [6.45, 7) is 22.9. The Morgan fingerprint density at radius 2 is 0.795 bits per heavy atom. The monoisotopic (exact) mass is 1120 g/mol. The molecular formula is C73H88O10. The second-order valence-electron chi connectivity index (χ2n) is 24.6. The van der Waals surface area contributed by atoms with Gasteiger partial charge in [0.2, 0.25) is 0 Å². The molecule has 9 rings (SSSR count). The zero-order chi connectivity index (χ0) is 58.7. The second-order valence-corrected chi connectivity index (χ2v) is 24.6. The van der Waals surface area contributed by atoms with Gasteiger partial charge in [-0.25, -0.2) is 0 Å². The highest BCUT2D eigenvalue weighted by Gasteiger charge is 2.35.